The first-order chi connectivity index (χ1) is 51.7. The normalized spacial score (nSPS) is 14.3. The molecule has 0 aromatic heterocycles. The molecule has 0 fully saturated rings. The summed E-state index contributed by atoms with van der Waals surface area (Å²) in [5.74, 6) is 1.76. The molecule has 0 radical (unpaired) electrons. The maximum atomic E-state index is 7.58. The van der Waals surface area contributed by atoms with Crippen LogP contribution in [-0.2, 0) is 22.7 Å². The van der Waals surface area contributed by atoms with Crippen molar-refractivity contribution in [1.29, 1.82) is 0 Å². The number of hydrogen-bond acceptors (Lipinski definition) is 2. The summed E-state index contributed by atoms with van der Waals surface area (Å²) < 4.78 is 7.58. The van der Waals surface area contributed by atoms with Crippen LogP contribution in [0.1, 0.15) is 301 Å². The molecule has 0 unspecified atom stereocenters. The molecule has 10 aromatic rings. The Balaban J connectivity index is 0.884. The molecule has 14 rings (SSSR count). The number of fused-ring (bicyclic) bond motifs is 11. The second-order valence-corrected chi connectivity index (χ2v) is 32.6. The lowest BCUT2D eigenvalue weighted by molar-refractivity contribution is 0.398. The predicted octanol–water partition coefficient (Wildman–Crippen LogP) is 31.2. The van der Waals surface area contributed by atoms with Gasteiger partial charge in [-0.15, -0.1) is 0 Å². The van der Waals surface area contributed by atoms with E-state index in [0.29, 0.717) is 0 Å². The van der Waals surface area contributed by atoms with Crippen molar-refractivity contribution in [3.8, 4) is 67.1 Å². The fourth-order valence-corrected chi connectivity index (χ4v) is 19.8. The molecule has 10 aromatic carbocycles. The van der Waals surface area contributed by atoms with E-state index in [0.717, 1.165) is 35.0 Å². The van der Waals surface area contributed by atoms with E-state index in [1.165, 1.54) is 311 Å². The summed E-state index contributed by atoms with van der Waals surface area (Å²) in [5, 5.41) is 0. The molecule has 544 valence electrons. The van der Waals surface area contributed by atoms with Crippen LogP contribution in [0.5, 0.6) is 11.5 Å². The summed E-state index contributed by atoms with van der Waals surface area (Å²) in [7, 11) is 0. The molecule has 0 atom stereocenters. The Morgan fingerprint density at radius 3 is 1.03 bits per heavy atom. The van der Waals surface area contributed by atoms with Crippen molar-refractivity contribution in [1.82, 2.24) is 0 Å². The Morgan fingerprint density at radius 1 is 0.276 bits per heavy atom. The molecule has 3 aliphatic carbocycles. The molecule has 0 N–H and O–H groups in total. The Morgan fingerprint density at radius 2 is 0.610 bits per heavy atom. The highest BCUT2D eigenvalue weighted by Gasteiger charge is 2.48. The van der Waals surface area contributed by atoms with Gasteiger partial charge in [0.1, 0.15) is 0 Å². The number of anilines is 3. The molecule has 2 heteroatoms. The van der Waals surface area contributed by atoms with Gasteiger partial charge in [-0.3, -0.25) is 0 Å². The maximum Gasteiger partial charge on any atom is 0.152 e. The fourth-order valence-electron chi connectivity index (χ4n) is 19.8. The van der Waals surface area contributed by atoms with E-state index in [1.807, 2.05) is 0 Å². The summed E-state index contributed by atoms with van der Waals surface area (Å²) in [6, 6.07) is 82.2. The summed E-state index contributed by atoms with van der Waals surface area (Å²) in [5.41, 5.74) is 31.5. The molecule has 0 spiro atoms. The molecule has 0 saturated heterocycles. The van der Waals surface area contributed by atoms with Crippen LogP contribution in [0.2, 0.25) is 0 Å². The van der Waals surface area contributed by atoms with Gasteiger partial charge in [-0.2, -0.15) is 0 Å². The first-order valence-electron chi connectivity index (χ1n) is 42.4. The van der Waals surface area contributed by atoms with Gasteiger partial charge in [-0.25, -0.2) is 0 Å². The van der Waals surface area contributed by atoms with Crippen LogP contribution in [0.3, 0.4) is 0 Å². The van der Waals surface area contributed by atoms with Gasteiger partial charge in [-0.1, -0.05) is 377 Å². The Labute approximate surface area is 633 Å². The van der Waals surface area contributed by atoms with Crippen molar-refractivity contribution in [2.45, 2.75) is 277 Å². The van der Waals surface area contributed by atoms with Gasteiger partial charge in [0.2, 0.25) is 0 Å². The van der Waals surface area contributed by atoms with E-state index in [4.69, 9.17) is 4.74 Å². The van der Waals surface area contributed by atoms with Gasteiger partial charge in [-0.05, 0) is 207 Å². The topological polar surface area (TPSA) is 12.5 Å². The van der Waals surface area contributed by atoms with E-state index in [2.05, 4.69) is 260 Å². The minimum atomic E-state index is -0.525. The standard InChI is InChI=1S/C103H121NO/c1-8-13-18-23-27-36-65-101(66-37-28-24-19-14-9-2)91-43-34-32-41-85(91)87-61-49-78(71-93(87)101)80-51-63-97-99(73-80)105-100-74-81(79-50-62-88-86-42-33-35-44-92(86)102(94(88)72-79,67-38-29-25-20-15-10-3)68-39-30-26-21-16-11-4)52-64-98(100)104(97)84-57-55-83(56-58-84)103(82-53-47-77(48-54-82)40-31-22-17-12-5)95-69-75(6)45-59-89(95)90-60-46-76(7)70-96(90)103/h32-35,41-64,69-74H,8-31,36-40,65-68H2,1-7H3. The molecule has 2 nitrogen and oxygen atoms in total. The molecule has 4 aliphatic rings. The highest BCUT2D eigenvalue weighted by atomic mass is 16.5. The number of nitrogens with zero attached hydrogens (tertiary/aromatic N) is 1. The van der Waals surface area contributed by atoms with Crippen LogP contribution in [-0.4, -0.2) is 0 Å². The number of unbranched alkanes of at least 4 members (excludes halogenated alkanes) is 23. The average Bonchev–Trinajstić information content (AvgIpc) is 1.44. The van der Waals surface area contributed by atoms with E-state index in [9.17, 15) is 0 Å². The Kier molecular flexibility index (Phi) is 24.0. The van der Waals surface area contributed by atoms with Crippen LogP contribution >= 0.6 is 0 Å². The molecular weight excluding hydrogens is 1270 g/mol. The summed E-state index contributed by atoms with van der Waals surface area (Å²) in [6.45, 7) is 16.2. The smallest absolute Gasteiger partial charge is 0.152 e. The van der Waals surface area contributed by atoms with Gasteiger partial charge in [0.05, 0.1) is 16.8 Å². The third-order valence-corrected chi connectivity index (χ3v) is 25.4. The zero-order valence-corrected chi connectivity index (χ0v) is 65.3. The predicted molar refractivity (Wildman–Crippen MR) is 451 cm³/mol. The first-order valence-corrected chi connectivity index (χ1v) is 42.4. The highest BCUT2D eigenvalue weighted by Crippen LogP contribution is 2.61. The van der Waals surface area contributed by atoms with Crippen molar-refractivity contribution in [2.75, 3.05) is 4.90 Å². The molecule has 1 aliphatic heterocycles. The lowest BCUT2D eigenvalue weighted by atomic mass is 9.67. The van der Waals surface area contributed by atoms with Crippen LogP contribution in [0.15, 0.2) is 206 Å². The van der Waals surface area contributed by atoms with Crippen LogP contribution < -0.4 is 9.64 Å². The molecule has 1 heterocycles. The number of ether oxygens (including phenoxy) is 1. The zero-order chi connectivity index (χ0) is 72.2. The summed E-state index contributed by atoms with van der Waals surface area (Å²) in [6.07, 6.45) is 42.3. The zero-order valence-electron chi connectivity index (χ0n) is 65.3. The van der Waals surface area contributed by atoms with Crippen LogP contribution in [0, 0.1) is 13.8 Å². The summed E-state index contributed by atoms with van der Waals surface area (Å²) in [4.78, 5) is 2.51. The second kappa shape index (κ2) is 34.1. The second-order valence-electron chi connectivity index (χ2n) is 32.6. The van der Waals surface area contributed by atoms with E-state index in [1.54, 1.807) is 11.1 Å². The summed E-state index contributed by atoms with van der Waals surface area (Å²) >= 11 is 0. The Hall–Kier alpha value is -8.20. The molecular formula is C103H121NO. The third-order valence-electron chi connectivity index (χ3n) is 25.4. The molecule has 0 saturated carbocycles. The number of rotatable bonds is 38. The third kappa shape index (κ3) is 14.9. The molecule has 0 bridgehead atoms. The lowest BCUT2D eigenvalue weighted by Crippen LogP contribution is -2.29. The van der Waals surface area contributed by atoms with Crippen LogP contribution in [0.4, 0.5) is 17.1 Å². The number of hydrogen-bond donors (Lipinski definition) is 0. The fraction of sp³-hybridized carbons (Fsp3) is 0.417. The van der Waals surface area contributed by atoms with Gasteiger partial charge in [0.15, 0.2) is 11.5 Å². The van der Waals surface area contributed by atoms with Crippen molar-refractivity contribution >= 4 is 17.1 Å². The Bertz CT molecular complexity index is 4290. The SMILES string of the molecule is CCCCCCCCC1(CCCCCCCC)c2ccccc2-c2ccc(-c3ccc4c(c3)Oc3cc(-c5ccc6c(c5)C(CCCCCCCC)(CCCCCCCC)c5ccccc5-6)ccc3N4c3ccc(C4(c5ccc(CCCCCC)cc5)c5cc(C)ccc5-c5ccc(C)cc54)cc3)cc21. The number of aryl methyl sites for hydroxylation is 3. The molecule has 105 heavy (non-hydrogen) atoms. The monoisotopic (exact) mass is 1390 g/mol. The van der Waals surface area contributed by atoms with Crippen molar-refractivity contribution in [3.63, 3.8) is 0 Å². The quantitative estimate of drug-likeness (QED) is 0.0358. The minimum absolute atomic E-state index is 0.0147. The highest BCUT2D eigenvalue weighted by molar-refractivity contribution is 5.93. The lowest BCUT2D eigenvalue weighted by Gasteiger charge is -2.36. The van der Waals surface area contributed by atoms with Gasteiger partial charge < -0.3 is 9.64 Å². The van der Waals surface area contributed by atoms with Gasteiger partial charge in [0.25, 0.3) is 0 Å². The van der Waals surface area contributed by atoms with Crippen molar-refractivity contribution < 1.29 is 4.74 Å². The van der Waals surface area contributed by atoms with Gasteiger partial charge in [0, 0.05) is 16.5 Å². The average molecular weight is 1390 g/mol. The molecule has 0 amide bonds. The number of benzene rings is 10. The van der Waals surface area contributed by atoms with Crippen molar-refractivity contribution in [3.05, 3.63) is 267 Å². The van der Waals surface area contributed by atoms with Gasteiger partial charge >= 0.3 is 0 Å². The first kappa shape index (κ1) is 73.7. The van der Waals surface area contributed by atoms with E-state index < -0.39 is 5.41 Å². The maximum absolute atomic E-state index is 7.58. The van der Waals surface area contributed by atoms with Crippen LogP contribution in [0.25, 0.3) is 55.6 Å². The minimum Gasteiger partial charge on any atom is -0.453 e. The van der Waals surface area contributed by atoms with Crippen molar-refractivity contribution in [2.24, 2.45) is 0 Å². The van der Waals surface area contributed by atoms with E-state index in [-0.39, 0.29) is 10.8 Å². The van der Waals surface area contributed by atoms with E-state index >= 15 is 0 Å². The largest absolute Gasteiger partial charge is 0.453 e.